The zero-order chi connectivity index (χ0) is 21.6. The molecule has 2 heterocycles. The Hall–Kier alpha value is -1.07. The molecule has 0 bridgehead atoms. The third-order valence-corrected chi connectivity index (χ3v) is 6.51. The number of hydrogen-bond donors (Lipinski definition) is 0. The fraction of sp³-hybridized carbons (Fsp3) is 0.609. The summed E-state index contributed by atoms with van der Waals surface area (Å²) in [4.78, 5) is 2.50. The molecule has 1 saturated heterocycles. The fourth-order valence-electron chi connectivity index (χ4n) is 3.93. The maximum absolute atomic E-state index is 6.05. The molecule has 1 aromatic carbocycles. The van der Waals surface area contributed by atoms with Gasteiger partial charge in [-0.3, -0.25) is 0 Å². The molecule has 1 saturated carbocycles. The quantitative estimate of drug-likeness (QED) is 0.462. The lowest BCUT2D eigenvalue weighted by atomic mass is 10.1. The second-order valence-corrected chi connectivity index (χ2v) is 8.47. The van der Waals surface area contributed by atoms with Gasteiger partial charge in [-0.1, -0.05) is 76.0 Å². The predicted octanol–water partition coefficient (Wildman–Crippen LogP) is 6.81. The maximum atomic E-state index is 6.05. The monoisotopic (exact) mass is 440 g/mol. The molecule has 29 heavy (non-hydrogen) atoms. The molecule has 4 nitrogen and oxygen atoms in total. The smallest absolute Gasteiger partial charge is 0.163 e. The molecule has 0 amide bonds. The SMILES string of the molecule is CC.CC.CC1(C)C2CN(CCOCc3cc(-c4ccc(Cl)c(Cl)c4)no3)CC21. The van der Waals surface area contributed by atoms with Crippen molar-refractivity contribution >= 4 is 23.2 Å². The highest BCUT2D eigenvalue weighted by Crippen LogP contribution is 2.61. The van der Waals surface area contributed by atoms with Gasteiger partial charge in [-0.15, -0.1) is 0 Å². The Bertz CT molecular complexity index is 762. The minimum absolute atomic E-state index is 0.431. The molecule has 1 aromatic heterocycles. The maximum Gasteiger partial charge on any atom is 0.163 e. The van der Waals surface area contributed by atoms with Crippen LogP contribution in [0, 0.1) is 17.3 Å². The average molecular weight is 441 g/mol. The van der Waals surface area contributed by atoms with Crippen LogP contribution in [-0.2, 0) is 11.3 Å². The Balaban J connectivity index is 0.000000707. The Labute approximate surface area is 185 Å². The first-order valence-corrected chi connectivity index (χ1v) is 11.4. The lowest BCUT2D eigenvalue weighted by Gasteiger charge is -2.21. The summed E-state index contributed by atoms with van der Waals surface area (Å²) in [5.74, 6) is 2.48. The van der Waals surface area contributed by atoms with Crippen molar-refractivity contribution in [3.63, 3.8) is 0 Å². The molecule has 2 atom stereocenters. The van der Waals surface area contributed by atoms with E-state index in [9.17, 15) is 0 Å². The summed E-state index contributed by atoms with van der Waals surface area (Å²) in [6.07, 6.45) is 0. The van der Waals surface area contributed by atoms with Crippen molar-refractivity contribution in [3.8, 4) is 11.3 Å². The molecule has 0 radical (unpaired) electrons. The molecule has 1 aliphatic heterocycles. The van der Waals surface area contributed by atoms with Gasteiger partial charge in [0.2, 0.25) is 0 Å². The minimum atomic E-state index is 0.431. The molecule has 4 rings (SSSR count). The van der Waals surface area contributed by atoms with Crippen molar-refractivity contribution in [2.75, 3.05) is 26.2 Å². The summed E-state index contributed by atoms with van der Waals surface area (Å²) in [6.45, 7) is 17.3. The topological polar surface area (TPSA) is 38.5 Å². The van der Waals surface area contributed by atoms with E-state index < -0.39 is 0 Å². The largest absolute Gasteiger partial charge is 0.372 e. The lowest BCUT2D eigenvalue weighted by molar-refractivity contribution is 0.0785. The van der Waals surface area contributed by atoms with Gasteiger partial charge in [0.1, 0.15) is 12.3 Å². The summed E-state index contributed by atoms with van der Waals surface area (Å²) < 4.78 is 11.1. The normalized spacial score (nSPS) is 21.5. The number of aromatic nitrogens is 1. The molecule has 2 aliphatic rings. The van der Waals surface area contributed by atoms with Gasteiger partial charge in [0, 0.05) is 31.3 Å². The van der Waals surface area contributed by atoms with Gasteiger partial charge in [0.25, 0.3) is 0 Å². The number of fused-ring (bicyclic) bond motifs is 1. The summed E-state index contributed by atoms with van der Waals surface area (Å²) >= 11 is 12.0. The van der Waals surface area contributed by atoms with Crippen LogP contribution in [0.5, 0.6) is 0 Å². The highest BCUT2D eigenvalue weighted by atomic mass is 35.5. The second-order valence-electron chi connectivity index (χ2n) is 7.65. The Morgan fingerprint density at radius 2 is 1.72 bits per heavy atom. The van der Waals surface area contributed by atoms with E-state index >= 15 is 0 Å². The van der Waals surface area contributed by atoms with Crippen LogP contribution in [-0.4, -0.2) is 36.3 Å². The Kier molecular flexibility index (Phi) is 9.02. The van der Waals surface area contributed by atoms with E-state index in [2.05, 4.69) is 23.9 Å². The average Bonchev–Trinajstić information content (AvgIpc) is 3.19. The first kappa shape index (κ1) is 24.2. The van der Waals surface area contributed by atoms with Gasteiger partial charge in [-0.05, 0) is 29.4 Å². The highest BCUT2D eigenvalue weighted by Gasteiger charge is 2.61. The third kappa shape index (κ3) is 5.75. The van der Waals surface area contributed by atoms with Crippen molar-refractivity contribution in [1.29, 1.82) is 0 Å². The number of benzene rings is 1. The molecule has 0 spiro atoms. The van der Waals surface area contributed by atoms with Crippen molar-refractivity contribution in [2.45, 2.75) is 48.1 Å². The van der Waals surface area contributed by atoms with Gasteiger partial charge < -0.3 is 14.2 Å². The standard InChI is InChI=1S/C19H22Cl2N2O2.2C2H6/c1-19(2)14-9-23(10-15(14)19)5-6-24-11-13-8-18(22-25-13)12-3-4-16(20)17(21)7-12;2*1-2/h3-4,7-8,14-15H,5-6,9-11H2,1-2H3;2*1-2H3. The molecule has 162 valence electrons. The van der Waals surface area contributed by atoms with Crippen LogP contribution in [0.4, 0.5) is 0 Å². The lowest BCUT2D eigenvalue weighted by Crippen LogP contribution is -2.29. The summed E-state index contributed by atoms with van der Waals surface area (Å²) in [6, 6.07) is 7.29. The number of hydrogen-bond acceptors (Lipinski definition) is 4. The Morgan fingerprint density at radius 3 is 2.34 bits per heavy atom. The van der Waals surface area contributed by atoms with Crippen LogP contribution in [0.15, 0.2) is 28.8 Å². The van der Waals surface area contributed by atoms with E-state index in [0.29, 0.717) is 34.4 Å². The van der Waals surface area contributed by atoms with Crippen molar-refractivity contribution in [2.24, 2.45) is 17.3 Å². The third-order valence-electron chi connectivity index (χ3n) is 5.77. The van der Waals surface area contributed by atoms with E-state index in [1.54, 1.807) is 12.1 Å². The van der Waals surface area contributed by atoms with Crippen molar-refractivity contribution in [3.05, 3.63) is 40.1 Å². The summed E-state index contributed by atoms with van der Waals surface area (Å²) in [5, 5.41) is 5.11. The number of nitrogens with zero attached hydrogens (tertiary/aromatic N) is 2. The van der Waals surface area contributed by atoms with Crippen LogP contribution < -0.4 is 0 Å². The number of rotatable bonds is 6. The molecule has 0 N–H and O–H groups in total. The van der Waals surface area contributed by atoms with E-state index in [-0.39, 0.29) is 0 Å². The molecular weight excluding hydrogens is 407 g/mol. The van der Waals surface area contributed by atoms with Gasteiger partial charge >= 0.3 is 0 Å². The first-order valence-electron chi connectivity index (χ1n) is 10.7. The molecule has 1 aliphatic carbocycles. The zero-order valence-electron chi connectivity index (χ0n) is 18.5. The highest BCUT2D eigenvalue weighted by molar-refractivity contribution is 6.42. The van der Waals surface area contributed by atoms with Crippen LogP contribution in [0.25, 0.3) is 11.3 Å². The van der Waals surface area contributed by atoms with Crippen molar-refractivity contribution < 1.29 is 9.26 Å². The van der Waals surface area contributed by atoms with E-state index in [0.717, 1.165) is 29.6 Å². The summed E-state index contributed by atoms with van der Waals surface area (Å²) in [5.41, 5.74) is 2.18. The first-order chi connectivity index (χ1) is 13.9. The molecule has 2 unspecified atom stereocenters. The summed E-state index contributed by atoms with van der Waals surface area (Å²) in [7, 11) is 0. The van der Waals surface area contributed by atoms with E-state index in [1.165, 1.54) is 13.1 Å². The van der Waals surface area contributed by atoms with Crippen LogP contribution in [0.2, 0.25) is 10.0 Å². The Morgan fingerprint density at radius 1 is 1.07 bits per heavy atom. The minimum Gasteiger partial charge on any atom is -0.372 e. The number of halogens is 2. The van der Waals surface area contributed by atoms with Crippen LogP contribution >= 0.6 is 23.2 Å². The van der Waals surface area contributed by atoms with Gasteiger partial charge in [-0.25, -0.2) is 0 Å². The number of ether oxygens (including phenoxy) is 1. The van der Waals surface area contributed by atoms with E-state index in [4.69, 9.17) is 32.5 Å². The van der Waals surface area contributed by atoms with Gasteiger partial charge in [0.05, 0.1) is 16.7 Å². The number of likely N-dealkylation sites (tertiary alicyclic amines) is 1. The molecule has 6 heteroatoms. The van der Waals surface area contributed by atoms with Crippen LogP contribution in [0.3, 0.4) is 0 Å². The molecule has 2 aromatic rings. The van der Waals surface area contributed by atoms with E-state index in [1.807, 2.05) is 39.8 Å². The van der Waals surface area contributed by atoms with Crippen molar-refractivity contribution in [1.82, 2.24) is 10.1 Å². The molecular formula is C23H34Cl2N2O2. The van der Waals surface area contributed by atoms with Crippen LogP contribution in [0.1, 0.15) is 47.3 Å². The zero-order valence-corrected chi connectivity index (χ0v) is 20.0. The number of piperidine rings is 1. The van der Waals surface area contributed by atoms with Gasteiger partial charge in [0.15, 0.2) is 5.76 Å². The fourth-order valence-corrected chi connectivity index (χ4v) is 4.23. The molecule has 2 fully saturated rings. The second kappa shape index (κ2) is 10.8. The predicted molar refractivity (Wildman–Crippen MR) is 122 cm³/mol. The van der Waals surface area contributed by atoms with Gasteiger partial charge in [-0.2, -0.15) is 0 Å².